The number of carbonyl (C=O) groups is 2. The average Bonchev–Trinajstić information content (AvgIpc) is 2.60. The molecule has 0 fully saturated rings. The van der Waals surface area contributed by atoms with E-state index in [4.69, 9.17) is 4.74 Å². The molecule has 0 saturated heterocycles. The molecule has 134 valence electrons. The van der Waals surface area contributed by atoms with E-state index in [0.717, 1.165) is 16.3 Å². The minimum Gasteiger partial charge on any atom is -0.467 e. The summed E-state index contributed by atoms with van der Waals surface area (Å²) in [5.74, 6) is -0.905. The van der Waals surface area contributed by atoms with Crippen molar-refractivity contribution in [1.82, 2.24) is 5.32 Å². The van der Waals surface area contributed by atoms with Crippen LogP contribution in [0.5, 0.6) is 0 Å². The summed E-state index contributed by atoms with van der Waals surface area (Å²) >= 11 is 0. The van der Waals surface area contributed by atoms with Crippen LogP contribution in [-0.2, 0) is 20.7 Å². The van der Waals surface area contributed by atoms with Crippen molar-refractivity contribution in [2.24, 2.45) is 5.92 Å². The summed E-state index contributed by atoms with van der Waals surface area (Å²) < 4.78 is 4.82. The highest BCUT2D eigenvalue weighted by Gasteiger charge is 2.26. The molecular formula is C20H25NO4. The van der Waals surface area contributed by atoms with Gasteiger partial charge in [-0.05, 0) is 28.7 Å². The number of amides is 1. The first-order valence-electron chi connectivity index (χ1n) is 8.45. The quantitative estimate of drug-likeness (QED) is 0.757. The third kappa shape index (κ3) is 5.03. The van der Waals surface area contributed by atoms with Crippen LogP contribution in [0.3, 0.4) is 0 Å². The number of ether oxygens (including phenoxy) is 1. The number of hydrogen-bond donors (Lipinski definition) is 2. The van der Waals surface area contributed by atoms with Crippen LogP contribution in [0, 0.1) is 5.92 Å². The van der Waals surface area contributed by atoms with Crippen molar-refractivity contribution in [3.8, 4) is 0 Å². The number of carbonyl (C=O) groups excluding carboxylic acids is 2. The third-order valence-electron chi connectivity index (χ3n) is 4.10. The number of methoxy groups -OCH3 is 1. The van der Waals surface area contributed by atoms with Gasteiger partial charge in [0, 0.05) is 6.42 Å². The predicted molar refractivity (Wildman–Crippen MR) is 97.1 cm³/mol. The first kappa shape index (κ1) is 18.9. The molecule has 2 rings (SSSR count). The number of hydrogen-bond acceptors (Lipinski definition) is 4. The molecule has 5 nitrogen and oxygen atoms in total. The van der Waals surface area contributed by atoms with Crippen molar-refractivity contribution < 1.29 is 19.4 Å². The first-order valence-corrected chi connectivity index (χ1v) is 8.45. The van der Waals surface area contributed by atoms with Crippen LogP contribution in [0.4, 0.5) is 0 Å². The molecule has 2 aromatic rings. The van der Waals surface area contributed by atoms with Gasteiger partial charge in [0.25, 0.3) is 0 Å². The third-order valence-corrected chi connectivity index (χ3v) is 4.10. The van der Waals surface area contributed by atoms with Crippen molar-refractivity contribution >= 4 is 22.6 Å². The molecule has 5 heteroatoms. The van der Waals surface area contributed by atoms with Crippen LogP contribution in [-0.4, -0.2) is 36.2 Å². The monoisotopic (exact) mass is 343 g/mol. The Labute approximate surface area is 148 Å². The smallest absolute Gasteiger partial charge is 0.328 e. The SMILES string of the molecule is COC(=O)[C@@H](Cc1cccc2ccccc12)NC(=O)[C@@H](O)CC(C)C. The predicted octanol–water partition coefficient (Wildman–Crippen LogP) is 2.45. The molecule has 2 aromatic carbocycles. The molecule has 1 amide bonds. The second-order valence-electron chi connectivity index (χ2n) is 6.57. The molecule has 0 aliphatic carbocycles. The lowest BCUT2D eigenvalue weighted by Gasteiger charge is -2.20. The maximum atomic E-state index is 12.2. The molecule has 0 saturated carbocycles. The van der Waals surface area contributed by atoms with E-state index in [0.29, 0.717) is 12.8 Å². The number of aliphatic hydroxyl groups excluding tert-OH is 1. The Morgan fingerprint density at radius 3 is 2.48 bits per heavy atom. The van der Waals surface area contributed by atoms with E-state index in [1.165, 1.54) is 7.11 Å². The molecule has 2 atom stereocenters. The molecule has 0 bridgehead atoms. The van der Waals surface area contributed by atoms with Gasteiger partial charge in [0.1, 0.15) is 12.1 Å². The van der Waals surface area contributed by atoms with Crippen molar-refractivity contribution in [3.63, 3.8) is 0 Å². The van der Waals surface area contributed by atoms with Gasteiger partial charge in [-0.2, -0.15) is 0 Å². The maximum Gasteiger partial charge on any atom is 0.328 e. The lowest BCUT2D eigenvalue weighted by Crippen LogP contribution is -2.47. The highest BCUT2D eigenvalue weighted by molar-refractivity contribution is 5.89. The number of aliphatic hydroxyl groups is 1. The van der Waals surface area contributed by atoms with Gasteiger partial charge in [0.15, 0.2) is 0 Å². The summed E-state index contributed by atoms with van der Waals surface area (Å²) in [6, 6.07) is 12.9. The van der Waals surface area contributed by atoms with E-state index < -0.39 is 24.0 Å². The minimum absolute atomic E-state index is 0.176. The highest BCUT2D eigenvalue weighted by atomic mass is 16.5. The molecule has 0 unspecified atom stereocenters. The molecule has 25 heavy (non-hydrogen) atoms. The topological polar surface area (TPSA) is 75.6 Å². The maximum absolute atomic E-state index is 12.2. The van der Waals surface area contributed by atoms with Crippen molar-refractivity contribution in [3.05, 3.63) is 48.0 Å². The second-order valence-corrected chi connectivity index (χ2v) is 6.57. The van der Waals surface area contributed by atoms with Gasteiger partial charge < -0.3 is 15.2 Å². The van der Waals surface area contributed by atoms with Crippen molar-refractivity contribution in [2.75, 3.05) is 7.11 Å². The Hall–Kier alpha value is -2.40. The van der Waals surface area contributed by atoms with Crippen LogP contribution >= 0.6 is 0 Å². The minimum atomic E-state index is -1.14. The normalized spacial score (nSPS) is 13.5. The van der Waals surface area contributed by atoms with Gasteiger partial charge in [0.2, 0.25) is 5.91 Å². The molecule has 0 radical (unpaired) electrons. The molecule has 2 N–H and O–H groups in total. The molecular weight excluding hydrogens is 318 g/mol. The van der Waals surface area contributed by atoms with Crippen molar-refractivity contribution in [1.29, 1.82) is 0 Å². The number of nitrogens with one attached hydrogen (secondary N) is 1. The fourth-order valence-corrected chi connectivity index (χ4v) is 2.85. The lowest BCUT2D eigenvalue weighted by atomic mass is 9.98. The Morgan fingerprint density at radius 2 is 1.80 bits per heavy atom. The Kier molecular flexibility index (Phi) is 6.53. The molecule has 0 spiro atoms. The lowest BCUT2D eigenvalue weighted by molar-refractivity contribution is -0.146. The summed E-state index contributed by atoms with van der Waals surface area (Å²) in [7, 11) is 1.29. The summed E-state index contributed by atoms with van der Waals surface area (Å²) in [4.78, 5) is 24.3. The van der Waals surface area contributed by atoms with Crippen molar-refractivity contribution in [2.45, 2.75) is 38.8 Å². The molecule has 0 aliphatic rings. The van der Waals surface area contributed by atoms with Crippen LogP contribution < -0.4 is 5.32 Å². The molecule has 0 aliphatic heterocycles. The van der Waals surface area contributed by atoms with E-state index in [9.17, 15) is 14.7 Å². The summed E-state index contributed by atoms with van der Waals surface area (Å²) in [5.41, 5.74) is 0.937. The van der Waals surface area contributed by atoms with Crippen LogP contribution in [0.1, 0.15) is 25.8 Å². The largest absolute Gasteiger partial charge is 0.467 e. The van der Waals surface area contributed by atoms with Crippen LogP contribution in [0.2, 0.25) is 0 Å². The van der Waals surface area contributed by atoms with Gasteiger partial charge in [-0.15, -0.1) is 0 Å². The number of rotatable bonds is 7. The first-order chi connectivity index (χ1) is 11.9. The fourth-order valence-electron chi connectivity index (χ4n) is 2.85. The van der Waals surface area contributed by atoms with Gasteiger partial charge in [-0.1, -0.05) is 56.3 Å². The summed E-state index contributed by atoms with van der Waals surface area (Å²) in [6.45, 7) is 3.84. The molecule has 0 heterocycles. The van der Waals surface area contributed by atoms with Gasteiger partial charge >= 0.3 is 5.97 Å². The van der Waals surface area contributed by atoms with Gasteiger partial charge in [0.05, 0.1) is 7.11 Å². The Morgan fingerprint density at radius 1 is 1.12 bits per heavy atom. The molecule has 0 aromatic heterocycles. The van der Waals surface area contributed by atoms with E-state index in [-0.39, 0.29) is 5.92 Å². The number of fused-ring (bicyclic) bond motifs is 1. The summed E-state index contributed by atoms with van der Waals surface area (Å²) in [6.07, 6.45) is -0.498. The second kappa shape index (κ2) is 8.62. The highest BCUT2D eigenvalue weighted by Crippen LogP contribution is 2.20. The van der Waals surface area contributed by atoms with E-state index in [2.05, 4.69) is 5.32 Å². The Balaban J connectivity index is 2.20. The number of benzene rings is 2. The van der Waals surface area contributed by atoms with E-state index >= 15 is 0 Å². The Bertz CT molecular complexity index is 736. The van der Waals surface area contributed by atoms with Gasteiger partial charge in [-0.25, -0.2) is 4.79 Å². The fraction of sp³-hybridized carbons (Fsp3) is 0.400. The van der Waals surface area contributed by atoms with Gasteiger partial charge in [-0.3, -0.25) is 4.79 Å². The standard InChI is InChI=1S/C20H25NO4/c1-13(2)11-18(22)19(23)21-17(20(24)25-3)12-15-9-6-8-14-7-4-5-10-16(14)15/h4-10,13,17-18,22H,11-12H2,1-3H3,(H,21,23)/t17-,18+/m1/s1. The van der Waals surface area contributed by atoms with Crippen LogP contribution in [0.25, 0.3) is 10.8 Å². The number of esters is 1. The van der Waals surface area contributed by atoms with Crippen LogP contribution in [0.15, 0.2) is 42.5 Å². The zero-order valence-corrected chi connectivity index (χ0v) is 14.9. The van der Waals surface area contributed by atoms with E-state index in [1.54, 1.807) is 0 Å². The zero-order valence-electron chi connectivity index (χ0n) is 14.9. The zero-order chi connectivity index (χ0) is 18.4. The summed E-state index contributed by atoms with van der Waals surface area (Å²) in [5, 5.41) is 14.7. The van der Waals surface area contributed by atoms with E-state index in [1.807, 2.05) is 56.3 Å². The average molecular weight is 343 g/mol.